The van der Waals surface area contributed by atoms with Crippen LogP contribution in [0.2, 0.25) is 5.02 Å². The van der Waals surface area contributed by atoms with Crippen molar-refractivity contribution in [3.8, 4) is 11.6 Å². The van der Waals surface area contributed by atoms with Crippen molar-refractivity contribution in [2.45, 2.75) is 0 Å². The Labute approximate surface area is 117 Å². The molecule has 0 aliphatic carbocycles. The number of hydrogen-bond acceptors (Lipinski definition) is 3. The van der Waals surface area contributed by atoms with Crippen LogP contribution in [0.3, 0.4) is 0 Å². The van der Waals surface area contributed by atoms with E-state index >= 15 is 0 Å². The lowest BCUT2D eigenvalue weighted by Gasteiger charge is -2.08. The Hall–Kier alpha value is -1.33. The minimum Gasteiger partial charge on any atom is -0.438 e. The molecule has 1 aromatic heterocycles. The molecule has 0 fully saturated rings. The lowest BCUT2D eigenvalue weighted by atomic mass is 10.3. The van der Waals surface area contributed by atoms with Crippen LogP contribution in [-0.4, -0.2) is 12.0 Å². The fraction of sp³-hybridized carbons (Fsp3) is 0.0833. The molecule has 1 N–H and O–H groups in total. The normalized spacial score (nSPS) is 10.2. The molecule has 0 amide bonds. The second kappa shape index (κ2) is 5.54. The lowest BCUT2D eigenvalue weighted by Crippen LogP contribution is -1.95. The predicted octanol–water partition coefficient (Wildman–Crippen LogP) is 4.47. The van der Waals surface area contributed by atoms with Crippen LogP contribution >= 0.6 is 27.5 Å². The minimum atomic E-state index is -0.542. The summed E-state index contributed by atoms with van der Waals surface area (Å²) in [7, 11) is 1.75. The fourth-order valence-electron chi connectivity index (χ4n) is 1.31. The molecule has 0 spiro atoms. The number of pyridine rings is 1. The minimum absolute atomic E-state index is 0.0335. The summed E-state index contributed by atoms with van der Waals surface area (Å²) in [4.78, 5) is 4.17. The first-order chi connectivity index (χ1) is 8.60. The van der Waals surface area contributed by atoms with Gasteiger partial charge in [-0.05, 0) is 28.1 Å². The topological polar surface area (TPSA) is 34.1 Å². The molecule has 0 saturated heterocycles. The Morgan fingerprint density at radius 3 is 2.89 bits per heavy atom. The smallest absolute Gasteiger partial charge is 0.221 e. The fourth-order valence-corrected chi connectivity index (χ4v) is 2.03. The molecule has 0 radical (unpaired) electrons. The van der Waals surface area contributed by atoms with E-state index in [2.05, 4.69) is 26.2 Å². The summed E-state index contributed by atoms with van der Waals surface area (Å²) in [6.07, 6.45) is 0. The molecule has 0 bridgehead atoms. The third kappa shape index (κ3) is 2.91. The van der Waals surface area contributed by atoms with E-state index in [4.69, 9.17) is 16.3 Å². The molecule has 2 rings (SSSR count). The van der Waals surface area contributed by atoms with Gasteiger partial charge in [0.15, 0.2) is 0 Å². The van der Waals surface area contributed by atoms with Crippen LogP contribution in [0.4, 0.5) is 10.2 Å². The summed E-state index contributed by atoms with van der Waals surface area (Å²) in [6, 6.07) is 7.91. The van der Waals surface area contributed by atoms with Crippen LogP contribution in [0.15, 0.2) is 34.8 Å². The first-order valence-electron chi connectivity index (χ1n) is 5.07. The molecule has 1 aromatic carbocycles. The van der Waals surface area contributed by atoms with Gasteiger partial charge in [0.25, 0.3) is 0 Å². The third-order valence-electron chi connectivity index (χ3n) is 2.17. The van der Waals surface area contributed by atoms with Crippen LogP contribution < -0.4 is 10.1 Å². The number of ether oxygens (including phenoxy) is 1. The van der Waals surface area contributed by atoms with Gasteiger partial charge in [-0.2, -0.15) is 4.98 Å². The molecule has 0 aliphatic heterocycles. The summed E-state index contributed by atoms with van der Waals surface area (Å²) in [5, 5.41) is 2.92. The van der Waals surface area contributed by atoms with Crippen LogP contribution in [0.1, 0.15) is 0 Å². The number of nitrogens with one attached hydrogen (secondary N) is 1. The maximum absolute atomic E-state index is 13.3. The van der Waals surface area contributed by atoms with Crippen LogP contribution in [-0.2, 0) is 0 Å². The number of benzene rings is 1. The van der Waals surface area contributed by atoms with E-state index in [0.717, 1.165) is 0 Å². The van der Waals surface area contributed by atoms with Gasteiger partial charge < -0.3 is 10.1 Å². The average molecular weight is 332 g/mol. The summed E-state index contributed by atoms with van der Waals surface area (Å²) in [5.41, 5.74) is 0. The Balaban J connectivity index is 2.30. The van der Waals surface area contributed by atoms with Gasteiger partial charge in [0.05, 0.1) is 9.50 Å². The number of nitrogens with zero attached hydrogens (tertiary/aromatic N) is 1. The monoisotopic (exact) mass is 330 g/mol. The van der Waals surface area contributed by atoms with Crippen molar-refractivity contribution >= 4 is 33.3 Å². The SMILES string of the molecule is CNc1cccc(Oc2cc(F)c(Cl)cc2Br)n1. The third-order valence-corrected chi connectivity index (χ3v) is 3.08. The van der Waals surface area contributed by atoms with Crippen molar-refractivity contribution in [1.29, 1.82) is 0 Å². The van der Waals surface area contributed by atoms with Gasteiger partial charge in [0.1, 0.15) is 17.4 Å². The quantitative estimate of drug-likeness (QED) is 0.843. The van der Waals surface area contributed by atoms with Gasteiger partial charge in [-0.1, -0.05) is 17.7 Å². The van der Waals surface area contributed by atoms with E-state index in [9.17, 15) is 4.39 Å². The lowest BCUT2D eigenvalue weighted by molar-refractivity contribution is 0.456. The van der Waals surface area contributed by atoms with Crippen molar-refractivity contribution in [3.63, 3.8) is 0 Å². The molecule has 94 valence electrons. The highest BCUT2D eigenvalue weighted by Crippen LogP contribution is 2.33. The van der Waals surface area contributed by atoms with Crippen molar-refractivity contribution in [2.75, 3.05) is 12.4 Å². The zero-order valence-electron chi connectivity index (χ0n) is 9.38. The van der Waals surface area contributed by atoms with E-state index in [1.165, 1.54) is 12.1 Å². The first-order valence-corrected chi connectivity index (χ1v) is 6.24. The molecule has 0 unspecified atom stereocenters. The predicted molar refractivity (Wildman–Crippen MR) is 73.0 cm³/mol. The van der Waals surface area contributed by atoms with Gasteiger partial charge in [0.2, 0.25) is 5.88 Å². The number of aromatic nitrogens is 1. The molecule has 2 aromatic rings. The molecule has 3 nitrogen and oxygen atoms in total. The Bertz CT molecular complexity index is 580. The van der Waals surface area contributed by atoms with E-state index in [-0.39, 0.29) is 5.02 Å². The molecule has 0 saturated carbocycles. The summed E-state index contributed by atoms with van der Waals surface area (Å²) in [5.74, 6) is 0.805. The molecular formula is C12H9BrClFN2O. The number of hydrogen-bond donors (Lipinski definition) is 1. The average Bonchev–Trinajstić information content (AvgIpc) is 2.36. The van der Waals surface area contributed by atoms with Crippen LogP contribution in [0.5, 0.6) is 11.6 Å². The second-order valence-corrected chi connectivity index (χ2v) is 4.67. The maximum Gasteiger partial charge on any atom is 0.221 e. The van der Waals surface area contributed by atoms with Crippen molar-refractivity contribution in [1.82, 2.24) is 4.98 Å². The highest BCUT2D eigenvalue weighted by Gasteiger charge is 2.09. The molecule has 0 atom stereocenters. The Morgan fingerprint density at radius 1 is 1.39 bits per heavy atom. The van der Waals surface area contributed by atoms with E-state index in [0.29, 0.717) is 21.9 Å². The first kappa shape index (κ1) is 13.1. The molecule has 0 aliphatic rings. The largest absolute Gasteiger partial charge is 0.438 e. The van der Waals surface area contributed by atoms with Gasteiger partial charge in [-0.15, -0.1) is 0 Å². The standard InChI is InChI=1S/C12H9BrClFN2O/c1-16-11-3-2-4-12(17-11)18-10-6-9(15)8(14)5-7(10)13/h2-6H,1H3,(H,16,17). The molecule has 1 heterocycles. The van der Waals surface area contributed by atoms with Gasteiger partial charge in [-0.25, -0.2) is 4.39 Å². The number of halogens is 3. The Morgan fingerprint density at radius 2 is 2.17 bits per heavy atom. The highest BCUT2D eigenvalue weighted by molar-refractivity contribution is 9.10. The van der Waals surface area contributed by atoms with Crippen molar-refractivity contribution < 1.29 is 9.13 Å². The number of rotatable bonds is 3. The van der Waals surface area contributed by atoms with E-state index in [1.54, 1.807) is 25.2 Å². The van der Waals surface area contributed by atoms with E-state index < -0.39 is 5.82 Å². The van der Waals surface area contributed by atoms with Crippen LogP contribution in [0.25, 0.3) is 0 Å². The summed E-state index contributed by atoms with van der Waals surface area (Å²) < 4.78 is 19.4. The Kier molecular flexibility index (Phi) is 4.04. The van der Waals surface area contributed by atoms with Crippen molar-refractivity contribution in [2.24, 2.45) is 0 Å². The second-order valence-electron chi connectivity index (χ2n) is 3.41. The van der Waals surface area contributed by atoms with Crippen molar-refractivity contribution in [3.05, 3.63) is 45.6 Å². The molecule has 6 heteroatoms. The summed E-state index contributed by atoms with van der Waals surface area (Å²) in [6.45, 7) is 0. The maximum atomic E-state index is 13.3. The van der Waals surface area contributed by atoms with Gasteiger partial charge >= 0.3 is 0 Å². The van der Waals surface area contributed by atoms with E-state index in [1.807, 2.05) is 0 Å². The molecular weight excluding hydrogens is 322 g/mol. The highest BCUT2D eigenvalue weighted by atomic mass is 79.9. The zero-order chi connectivity index (χ0) is 13.1. The summed E-state index contributed by atoms with van der Waals surface area (Å²) >= 11 is 8.91. The van der Waals surface area contributed by atoms with Gasteiger partial charge in [0, 0.05) is 19.2 Å². The number of anilines is 1. The molecule has 18 heavy (non-hydrogen) atoms. The zero-order valence-corrected chi connectivity index (χ0v) is 11.7. The van der Waals surface area contributed by atoms with Crippen LogP contribution in [0, 0.1) is 5.82 Å². The van der Waals surface area contributed by atoms with Gasteiger partial charge in [-0.3, -0.25) is 0 Å².